The highest BCUT2D eigenvalue weighted by Crippen LogP contribution is 2.27. The third-order valence-electron chi connectivity index (χ3n) is 3.88. The summed E-state index contributed by atoms with van der Waals surface area (Å²) in [5, 5.41) is 8.28. The van der Waals surface area contributed by atoms with Gasteiger partial charge in [0.15, 0.2) is 0 Å². The second-order valence-corrected chi connectivity index (χ2v) is 5.17. The molecular formula is C12H23N3. The summed E-state index contributed by atoms with van der Waals surface area (Å²) in [6, 6.07) is 0.525. The van der Waals surface area contributed by atoms with Gasteiger partial charge in [-0.25, -0.2) is 0 Å². The van der Waals surface area contributed by atoms with Gasteiger partial charge in [0, 0.05) is 31.6 Å². The summed E-state index contributed by atoms with van der Waals surface area (Å²) in [5.41, 5.74) is 0. The molecule has 1 aliphatic carbocycles. The summed E-state index contributed by atoms with van der Waals surface area (Å²) >= 11 is 0. The molecule has 86 valence electrons. The molecule has 1 saturated carbocycles. The molecule has 0 aromatic rings. The Morgan fingerprint density at radius 3 is 2.47 bits per heavy atom. The molecule has 1 atom stereocenters. The van der Waals surface area contributed by atoms with Crippen molar-refractivity contribution in [2.24, 2.45) is 5.92 Å². The number of amidine groups is 1. The van der Waals surface area contributed by atoms with Gasteiger partial charge < -0.3 is 9.80 Å². The molecule has 0 amide bonds. The number of rotatable bonds is 1. The number of nitrogens with zero attached hydrogens (tertiary/aromatic N) is 2. The summed E-state index contributed by atoms with van der Waals surface area (Å²) in [6.07, 6.45) is 5.15. The van der Waals surface area contributed by atoms with Crippen molar-refractivity contribution in [3.05, 3.63) is 0 Å². The van der Waals surface area contributed by atoms with Crippen LogP contribution in [0.15, 0.2) is 0 Å². The van der Waals surface area contributed by atoms with E-state index in [1.54, 1.807) is 0 Å². The maximum absolute atomic E-state index is 8.28. The molecule has 0 bridgehead atoms. The Balaban J connectivity index is 1.94. The number of hydrogen-bond acceptors (Lipinski definition) is 2. The molecule has 3 nitrogen and oxygen atoms in total. The molecule has 2 fully saturated rings. The van der Waals surface area contributed by atoms with Gasteiger partial charge in [0.05, 0.1) is 5.84 Å². The lowest BCUT2D eigenvalue weighted by Crippen LogP contribution is -2.53. The predicted octanol–water partition coefficient (Wildman–Crippen LogP) is 1.79. The van der Waals surface area contributed by atoms with Gasteiger partial charge in [-0.05, 0) is 26.8 Å². The highest BCUT2D eigenvalue weighted by Gasteiger charge is 2.29. The molecule has 1 saturated heterocycles. The normalized spacial score (nSPS) is 29.7. The van der Waals surface area contributed by atoms with E-state index in [0.29, 0.717) is 12.0 Å². The Bertz CT molecular complexity index is 233. The van der Waals surface area contributed by atoms with Crippen molar-refractivity contribution >= 4 is 5.84 Å². The van der Waals surface area contributed by atoms with Gasteiger partial charge in [-0.1, -0.05) is 12.8 Å². The van der Waals surface area contributed by atoms with Gasteiger partial charge in [0.1, 0.15) is 0 Å². The van der Waals surface area contributed by atoms with Crippen molar-refractivity contribution in [1.82, 2.24) is 9.80 Å². The maximum atomic E-state index is 8.28. The topological polar surface area (TPSA) is 30.3 Å². The molecule has 0 aromatic carbocycles. The first kappa shape index (κ1) is 10.9. The quantitative estimate of drug-likeness (QED) is 0.527. The van der Waals surface area contributed by atoms with Crippen LogP contribution in [0.3, 0.4) is 0 Å². The van der Waals surface area contributed by atoms with Crippen molar-refractivity contribution in [3.8, 4) is 0 Å². The van der Waals surface area contributed by atoms with E-state index in [4.69, 9.17) is 5.41 Å². The zero-order valence-electron chi connectivity index (χ0n) is 10.00. The van der Waals surface area contributed by atoms with Crippen LogP contribution in [0.4, 0.5) is 0 Å². The van der Waals surface area contributed by atoms with E-state index in [1.165, 1.54) is 25.7 Å². The van der Waals surface area contributed by atoms with Gasteiger partial charge in [-0.15, -0.1) is 0 Å². The van der Waals surface area contributed by atoms with Crippen LogP contribution in [-0.2, 0) is 0 Å². The first-order valence-electron chi connectivity index (χ1n) is 6.22. The average molecular weight is 209 g/mol. The standard InChI is InChI=1S/C12H23N3/c1-10-9-14(2)7-8-15(10)12(13)11-5-3-4-6-11/h10-11,13H,3-9H2,1-2H3. The van der Waals surface area contributed by atoms with Crippen molar-refractivity contribution < 1.29 is 0 Å². The summed E-state index contributed by atoms with van der Waals surface area (Å²) in [5.74, 6) is 1.49. The van der Waals surface area contributed by atoms with Crippen molar-refractivity contribution in [3.63, 3.8) is 0 Å². The fourth-order valence-corrected chi connectivity index (χ4v) is 2.93. The Morgan fingerprint density at radius 2 is 1.87 bits per heavy atom. The summed E-state index contributed by atoms with van der Waals surface area (Å²) in [7, 11) is 2.17. The van der Waals surface area contributed by atoms with Crippen LogP contribution in [0.25, 0.3) is 0 Å². The van der Waals surface area contributed by atoms with Gasteiger partial charge in [-0.2, -0.15) is 0 Å². The van der Waals surface area contributed by atoms with Crippen LogP contribution in [-0.4, -0.2) is 48.4 Å². The Hall–Kier alpha value is -0.570. The molecular weight excluding hydrogens is 186 g/mol. The lowest BCUT2D eigenvalue weighted by atomic mass is 10.0. The van der Waals surface area contributed by atoms with Gasteiger partial charge >= 0.3 is 0 Å². The summed E-state index contributed by atoms with van der Waals surface area (Å²) < 4.78 is 0. The molecule has 15 heavy (non-hydrogen) atoms. The lowest BCUT2D eigenvalue weighted by Gasteiger charge is -2.41. The van der Waals surface area contributed by atoms with Crippen molar-refractivity contribution in [2.45, 2.75) is 38.6 Å². The van der Waals surface area contributed by atoms with E-state index < -0.39 is 0 Å². The molecule has 1 N–H and O–H groups in total. The SMILES string of the molecule is CC1CN(C)CCN1C(=N)C1CCCC1. The average Bonchev–Trinajstić information content (AvgIpc) is 2.69. The van der Waals surface area contributed by atoms with Crippen molar-refractivity contribution in [1.29, 1.82) is 5.41 Å². The van der Waals surface area contributed by atoms with Gasteiger partial charge in [0.2, 0.25) is 0 Å². The van der Waals surface area contributed by atoms with Crippen LogP contribution in [0.5, 0.6) is 0 Å². The highest BCUT2D eigenvalue weighted by atomic mass is 15.3. The zero-order chi connectivity index (χ0) is 10.8. The third kappa shape index (κ3) is 2.33. The first-order chi connectivity index (χ1) is 7.18. The lowest BCUT2D eigenvalue weighted by molar-refractivity contribution is 0.155. The number of hydrogen-bond donors (Lipinski definition) is 1. The second-order valence-electron chi connectivity index (χ2n) is 5.17. The monoisotopic (exact) mass is 209 g/mol. The van der Waals surface area contributed by atoms with E-state index in [9.17, 15) is 0 Å². The minimum atomic E-state index is 0.525. The molecule has 1 heterocycles. The predicted molar refractivity (Wildman–Crippen MR) is 63.3 cm³/mol. The van der Waals surface area contributed by atoms with Gasteiger partial charge in [-0.3, -0.25) is 5.41 Å². The van der Waals surface area contributed by atoms with E-state index in [1.807, 2.05) is 0 Å². The minimum absolute atomic E-state index is 0.525. The fraction of sp³-hybridized carbons (Fsp3) is 0.917. The van der Waals surface area contributed by atoms with Crippen molar-refractivity contribution in [2.75, 3.05) is 26.7 Å². The van der Waals surface area contributed by atoms with E-state index in [2.05, 4.69) is 23.8 Å². The zero-order valence-corrected chi connectivity index (χ0v) is 10.00. The van der Waals surface area contributed by atoms with Crippen LogP contribution >= 0.6 is 0 Å². The molecule has 0 radical (unpaired) electrons. The Labute approximate surface area is 92.9 Å². The minimum Gasteiger partial charge on any atom is -0.355 e. The van der Waals surface area contributed by atoms with E-state index >= 15 is 0 Å². The molecule has 0 aromatic heterocycles. The van der Waals surface area contributed by atoms with E-state index in [-0.39, 0.29) is 0 Å². The van der Waals surface area contributed by atoms with Crippen LogP contribution in [0.1, 0.15) is 32.6 Å². The maximum Gasteiger partial charge on any atom is 0.0992 e. The molecule has 2 aliphatic rings. The summed E-state index contributed by atoms with van der Waals surface area (Å²) in [4.78, 5) is 4.69. The Kier molecular flexibility index (Phi) is 3.29. The van der Waals surface area contributed by atoms with Gasteiger partial charge in [0.25, 0.3) is 0 Å². The van der Waals surface area contributed by atoms with Crippen LogP contribution < -0.4 is 0 Å². The molecule has 3 heteroatoms. The molecule has 2 rings (SSSR count). The smallest absolute Gasteiger partial charge is 0.0992 e. The summed E-state index contributed by atoms with van der Waals surface area (Å²) in [6.45, 7) is 5.51. The molecule has 1 unspecified atom stereocenters. The van der Waals surface area contributed by atoms with Crippen LogP contribution in [0, 0.1) is 11.3 Å². The van der Waals surface area contributed by atoms with Crippen LogP contribution in [0.2, 0.25) is 0 Å². The number of piperazine rings is 1. The molecule has 1 aliphatic heterocycles. The number of nitrogens with one attached hydrogen (secondary N) is 1. The molecule has 0 spiro atoms. The largest absolute Gasteiger partial charge is 0.355 e. The Morgan fingerprint density at radius 1 is 1.20 bits per heavy atom. The second kappa shape index (κ2) is 4.52. The van der Waals surface area contributed by atoms with E-state index in [0.717, 1.165) is 25.5 Å². The highest BCUT2D eigenvalue weighted by molar-refractivity contribution is 5.82. The number of likely N-dealkylation sites (N-methyl/N-ethyl adjacent to an activating group) is 1. The first-order valence-corrected chi connectivity index (χ1v) is 6.22. The third-order valence-corrected chi connectivity index (χ3v) is 3.88. The fourth-order valence-electron chi connectivity index (χ4n) is 2.93.